The van der Waals surface area contributed by atoms with Gasteiger partial charge in [-0.15, -0.1) is 0 Å². The Labute approximate surface area is 280 Å². The molecule has 0 saturated heterocycles. The molecule has 0 aliphatic carbocycles. The monoisotopic (exact) mass is 652 g/mol. The molecule has 0 aliphatic heterocycles. The first-order valence-electron chi connectivity index (χ1n) is 14.6. The van der Waals surface area contributed by atoms with E-state index >= 15 is 0 Å². The summed E-state index contributed by atoms with van der Waals surface area (Å²) < 4.78 is 13.5. The minimum atomic E-state index is -0.705. The maximum absolute atomic E-state index is 13.6. The van der Waals surface area contributed by atoms with Crippen LogP contribution < -0.4 is 31.7 Å². The second-order valence-corrected chi connectivity index (χ2v) is 10.9. The average Bonchev–Trinajstić information content (AvgIpc) is 3.53. The molecule has 0 fully saturated rings. The summed E-state index contributed by atoms with van der Waals surface area (Å²) in [5, 5.41) is 36.8. The molecule has 0 radical (unpaired) electrons. The van der Waals surface area contributed by atoms with Crippen LogP contribution in [0.15, 0.2) is 116 Å². The zero-order chi connectivity index (χ0) is 35.1. The SMILES string of the molecule is N#Cc1ccc(Oc2cccc(-n3c(=O)c4cc5c(=O)n(-c6cccc(Oc7ccc(C#N)c(C#N)c7)c6)c(=O)c5cc4c3=O)c2)cc1C#N. The molecule has 0 N–H and O–H groups in total. The number of nitriles is 4. The normalized spacial score (nSPS) is 10.6. The molecule has 0 saturated carbocycles. The van der Waals surface area contributed by atoms with Crippen molar-refractivity contribution in [2.75, 3.05) is 0 Å². The van der Waals surface area contributed by atoms with Crippen molar-refractivity contribution in [2.45, 2.75) is 0 Å². The van der Waals surface area contributed by atoms with Crippen LogP contribution in [0.2, 0.25) is 0 Å². The Morgan fingerprint density at radius 3 is 1.08 bits per heavy atom. The fourth-order valence-electron chi connectivity index (χ4n) is 5.64. The van der Waals surface area contributed by atoms with Gasteiger partial charge in [-0.1, -0.05) is 12.1 Å². The largest absolute Gasteiger partial charge is 0.457 e. The lowest BCUT2D eigenvalue weighted by Crippen LogP contribution is -2.24. The van der Waals surface area contributed by atoms with Crippen LogP contribution in [0.25, 0.3) is 32.9 Å². The maximum atomic E-state index is 13.6. The van der Waals surface area contributed by atoms with Crippen LogP contribution in [-0.4, -0.2) is 9.13 Å². The molecular weight excluding hydrogens is 636 g/mol. The molecule has 12 heteroatoms. The number of hydrogen-bond acceptors (Lipinski definition) is 10. The predicted molar refractivity (Wildman–Crippen MR) is 179 cm³/mol. The van der Waals surface area contributed by atoms with Gasteiger partial charge in [-0.05, 0) is 72.8 Å². The maximum Gasteiger partial charge on any atom is 0.266 e. The zero-order valence-corrected chi connectivity index (χ0v) is 25.4. The summed E-state index contributed by atoms with van der Waals surface area (Å²) in [4.78, 5) is 54.4. The van der Waals surface area contributed by atoms with Gasteiger partial charge >= 0.3 is 0 Å². The quantitative estimate of drug-likeness (QED) is 0.237. The predicted octanol–water partition coefficient (Wildman–Crippen LogP) is 4.96. The van der Waals surface area contributed by atoms with Crippen molar-refractivity contribution in [1.29, 1.82) is 21.0 Å². The first kappa shape index (κ1) is 30.6. The Hall–Kier alpha value is -8.06. The number of hydrogen-bond donors (Lipinski definition) is 0. The number of rotatable bonds is 6. The summed E-state index contributed by atoms with van der Waals surface area (Å²) in [6.07, 6.45) is 0. The Kier molecular flexibility index (Phi) is 7.31. The minimum Gasteiger partial charge on any atom is -0.457 e. The van der Waals surface area contributed by atoms with Crippen molar-refractivity contribution in [3.05, 3.63) is 161 Å². The van der Waals surface area contributed by atoms with Crippen LogP contribution in [0.3, 0.4) is 0 Å². The lowest BCUT2D eigenvalue weighted by atomic mass is 10.1. The zero-order valence-electron chi connectivity index (χ0n) is 25.4. The highest BCUT2D eigenvalue weighted by atomic mass is 16.5. The molecule has 0 atom stereocenters. The third-order valence-electron chi connectivity index (χ3n) is 7.98. The van der Waals surface area contributed by atoms with Crippen LogP contribution in [0.1, 0.15) is 22.3 Å². The number of aromatic nitrogens is 2. The summed E-state index contributed by atoms with van der Waals surface area (Å²) in [5.74, 6) is 1.01. The summed E-state index contributed by atoms with van der Waals surface area (Å²) in [7, 11) is 0. The molecule has 7 rings (SSSR count). The van der Waals surface area contributed by atoms with Crippen molar-refractivity contribution < 1.29 is 9.47 Å². The van der Waals surface area contributed by atoms with E-state index in [2.05, 4.69) is 0 Å². The first-order chi connectivity index (χ1) is 24.2. The number of fused-ring (bicyclic) bond motifs is 2. The van der Waals surface area contributed by atoms with Crippen LogP contribution in [0, 0.1) is 45.3 Å². The van der Waals surface area contributed by atoms with Crippen LogP contribution >= 0.6 is 0 Å². The topological polar surface area (TPSA) is 192 Å². The van der Waals surface area contributed by atoms with Crippen molar-refractivity contribution in [1.82, 2.24) is 9.13 Å². The molecule has 0 spiro atoms. The molecule has 234 valence electrons. The molecule has 0 bridgehead atoms. The number of nitrogens with zero attached hydrogens (tertiary/aromatic N) is 6. The van der Waals surface area contributed by atoms with E-state index in [1.807, 2.05) is 24.3 Å². The Morgan fingerprint density at radius 1 is 0.400 bits per heavy atom. The third-order valence-corrected chi connectivity index (χ3v) is 7.98. The van der Waals surface area contributed by atoms with E-state index in [9.17, 15) is 40.2 Å². The van der Waals surface area contributed by atoms with E-state index in [1.54, 1.807) is 24.3 Å². The molecule has 7 aromatic rings. The highest BCUT2D eigenvalue weighted by molar-refractivity contribution is 5.98. The molecule has 0 amide bonds. The summed E-state index contributed by atoms with van der Waals surface area (Å²) in [6.45, 7) is 0. The number of ether oxygens (including phenoxy) is 2. The van der Waals surface area contributed by atoms with E-state index in [-0.39, 0.29) is 78.2 Å². The van der Waals surface area contributed by atoms with Gasteiger partial charge in [0, 0.05) is 12.1 Å². The van der Waals surface area contributed by atoms with Crippen LogP contribution in [0.5, 0.6) is 23.0 Å². The second kappa shape index (κ2) is 11.9. The third kappa shape index (κ3) is 5.01. The standard InChI is InChI=1S/C38H16N6O6/c39-17-21-7-9-29(11-23(21)19-41)49-27-5-1-3-25(13-27)43-35(45)31-15-33-34(16-32(31)36(43)46)38(48)44(37(33)47)26-4-2-6-28(14-26)50-30-10-8-22(18-40)24(12-30)20-42/h1-16H. The minimum absolute atomic E-state index is 0.0555. The van der Waals surface area contributed by atoms with E-state index in [1.165, 1.54) is 72.8 Å². The van der Waals surface area contributed by atoms with Crippen molar-refractivity contribution >= 4 is 21.5 Å². The molecule has 2 heterocycles. The Morgan fingerprint density at radius 2 is 0.740 bits per heavy atom. The van der Waals surface area contributed by atoms with E-state index in [0.29, 0.717) is 0 Å². The molecular formula is C38H16N6O6. The molecule has 5 aromatic carbocycles. The highest BCUT2D eigenvalue weighted by Crippen LogP contribution is 2.27. The Bertz CT molecular complexity index is 2700. The first-order valence-corrected chi connectivity index (χ1v) is 14.6. The lowest BCUT2D eigenvalue weighted by Gasteiger charge is -2.08. The average molecular weight is 653 g/mol. The van der Waals surface area contributed by atoms with Crippen LogP contribution in [0.4, 0.5) is 0 Å². The van der Waals surface area contributed by atoms with Gasteiger partial charge in [-0.2, -0.15) is 21.0 Å². The van der Waals surface area contributed by atoms with Gasteiger partial charge in [0.05, 0.1) is 55.2 Å². The van der Waals surface area contributed by atoms with Crippen molar-refractivity contribution in [3.63, 3.8) is 0 Å². The Balaban J connectivity index is 1.26. The van der Waals surface area contributed by atoms with Crippen LogP contribution in [-0.2, 0) is 0 Å². The van der Waals surface area contributed by atoms with Crippen molar-refractivity contribution in [2.24, 2.45) is 0 Å². The molecule has 2 aromatic heterocycles. The van der Waals surface area contributed by atoms with Gasteiger partial charge in [0.15, 0.2) is 0 Å². The van der Waals surface area contributed by atoms with Gasteiger partial charge < -0.3 is 9.47 Å². The van der Waals surface area contributed by atoms with Gasteiger partial charge in [-0.25, -0.2) is 9.13 Å². The second-order valence-electron chi connectivity index (χ2n) is 10.9. The molecule has 0 unspecified atom stereocenters. The number of benzene rings is 5. The smallest absolute Gasteiger partial charge is 0.266 e. The van der Waals surface area contributed by atoms with Gasteiger partial charge in [0.25, 0.3) is 22.2 Å². The highest BCUT2D eigenvalue weighted by Gasteiger charge is 2.21. The van der Waals surface area contributed by atoms with E-state index in [4.69, 9.17) is 9.47 Å². The summed E-state index contributed by atoms with van der Waals surface area (Å²) >= 11 is 0. The van der Waals surface area contributed by atoms with E-state index in [0.717, 1.165) is 9.13 Å². The van der Waals surface area contributed by atoms with Gasteiger partial charge in [0.2, 0.25) is 0 Å². The van der Waals surface area contributed by atoms with Gasteiger partial charge in [-0.3, -0.25) is 19.2 Å². The molecule has 12 nitrogen and oxygen atoms in total. The molecule has 0 aliphatic rings. The lowest BCUT2D eigenvalue weighted by molar-refractivity contribution is 0.482. The molecule has 50 heavy (non-hydrogen) atoms. The summed E-state index contributed by atoms with van der Waals surface area (Å²) in [5.41, 5.74) is -1.87. The fraction of sp³-hybridized carbons (Fsp3) is 0. The van der Waals surface area contributed by atoms with E-state index < -0.39 is 22.2 Å². The van der Waals surface area contributed by atoms with Gasteiger partial charge in [0.1, 0.15) is 47.3 Å². The van der Waals surface area contributed by atoms with Crippen molar-refractivity contribution in [3.8, 4) is 58.6 Å². The summed E-state index contributed by atoms with van der Waals surface area (Å²) in [6, 6.07) is 31.1. The fourth-order valence-corrected chi connectivity index (χ4v) is 5.64.